The fourth-order valence-corrected chi connectivity index (χ4v) is 3.86. The lowest BCUT2D eigenvalue weighted by Crippen LogP contribution is -2.60. The van der Waals surface area contributed by atoms with E-state index in [0.29, 0.717) is 35.5 Å². The van der Waals surface area contributed by atoms with E-state index in [1.54, 1.807) is 24.5 Å². The number of halogens is 2. The number of aromatic amines is 1. The molecule has 1 aromatic carbocycles. The summed E-state index contributed by atoms with van der Waals surface area (Å²) in [6, 6.07) is 6.70. The average Bonchev–Trinajstić information content (AvgIpc) is 3.26. The van der Waals surface area contributed by atoms with Crippen molar-refractivity contribution in [2.45, 2.75) is 12.0 Å². The summed E-state index contributed by atoms with van der Waals surface area (Å²) < 4.78 is 30.8. The van der Waals surface area contributed by atoms with E-state index in [9.17, 15) is 14.0 Å². The summed E-state index contributed by atoms with van der Waals surface area (Å²) in [5, 5.41) is 13.4. The van der Waals surface area contributed by atoms with E-state index in [1.807, 2.05) is 4.57 Å². The minimum atomic E-state index is -0.915. The first kappa shape index (κ1) is 15.9. The van der Waals surface area contributed by atoms with Crippen LogP contribution in [-0.2, 0) is 5.54 Å². The Balaban J connectivity index is 1.87. The Morgan fingerprint density at radius 1 is 1.22 bits per heavy atom. The molecule has 0 radical (unpaired) electrons. The number of rotatable bonds is 3. The fraction of sp³-hybridized carbons (Fsp3) is 0.211. The second-order valence-electron chi connectivity index (χ2n) is 6.79. The molecule has 134 valence electrons. The molecular weight excluding hydrogens is 350 g/mol. The summed E-state index contributed by atoms with van der Waals surface area (Å²) in [5.41, 5.74) is 1.68. The molecule has 0 spiro atoms. The van der Waals surface area contributed by atoms with Crippen molar-refractivity contribution in [2.24, 2.45) is 0 Å². The monoisotopic (exact) mass is 364 g/mol. The minimum Gasteiger partial charge on any atom is -0.346 e. The summed E-state index contributed by atoms with van der Waals surface area (Å²) in [4.78, 5) is 11.5. The predicted molar refractivity (Wildman–Crippen MR) is 95.8 cm³/mol. The number of H-pyrrole nitrogens is 1. The molecule has 1 aliphatic heterocycles. The molecule has 0 amide bonds. The van der Waals surface area contributed by atoms with Crippen LogP contribution < -0.4 is 5.32 Å². The van der Waals surface area contributed by atoms with Gasteiger partial charge in [0, 0.05) is 41.8 Å². The van der Waals surface area contributed by atoms with Crippen LogP contribution in [-0.4, -0.2) is 32.6 Å². The van der Waals surface area contributed by atoms with E-state index >= 15 is 0 Å². The zero-order chi connectivity index (χ0) is 18.6. The van der Waals surface area contributed by atoms with Crippen molar-refractivity contribution < 1.29 is 8.78 Å². The van der Waals surface area contributed by atoms with Crippen LogP contribution in [0.3, 0.4) is 0 Å². The van der Waals surface area contributed by atoms with Gasteiger partial charge in [0.25, 0.3) is 0 Å². The molecule has 3 aromatic heterocycles. The summed E-state index contributed by atoms with van der Waals surface area (Å²) in [6.07, 6.45) is 5.17. The molecule has 0 saturated carbocycles. The van der Waals surface area contributed by atoms with Gasteiger partial charge in [-0.3, -0.25) is 0 Å². The van der Waals surface area contributed by atoms with Gasteiger partial charge in [-0.25, -0.2) is 18.7 Å². The summed E-state index contributed by atoms with van der Waals surface area (Å²) in [5.74, 6) is -1.83. The van der Waals surface area contributed by atoms with Gasteiger partial charge >= 0.3 is 0 Å². The van der Waals surface area contributed by atoms with E-state index in [-0.39, 0.29) is 11.8 Å². The molecule has 1 fully saturated rings. The van der Waals surface area contributed by atoms with Crippen LogP contribution in [0.4, 0.5) is 8.78 Å². The van der Waals surface area contributed by atoms with Crippen LogP contribution >= 0.6 is 0 Å². The smallest absolute Gasteiger partial charge is 0.168 e. The molecule has 6 nitrogen and oxygen atoms in total. The minimum absolute atomic E-state index is 0.167. The van der Waals surface area contributed by atoms with Crippen molar-refractivity contribution in [1.82, 2.24) is 24.8 Å². The molecule has 0 aliphatic carbocycles. The van der Waals surface area contributed by atoms with Crippen molar-refractivity contribution in [3.63, 3.8) is 0 Å². The quantitative estimate of drug-likeness (QED) is 0.585. The fourth-order valence-electron chi connectivity index (χ4n) is 3.86. The average molecular weight is 364 g/mol. The van der Waals surface area contributed by atoms with Gasteiger partial charge in [0.2, 0.25) is 0 Å². The highest BCUT2D eigenvalue weighted by Gasteiger charge is 2.40. The highest BCUT2D eigenvalue weighted by Crippen LogP contribution is 2.39. The van der Waals surface area contributed by atoms with Crippen molar-refractivity contribution in [3.05, 3.63) is 48.6 Å². The highest BCUT2D eigenvalue weighted by molar-refractivity contribution is 6.02. The van der Waals surface area contributed by atoms with Crippen molar-refractivity contribution in [1.29, 1.82) is 5.26 Å². The second-order valence-corrected chi connectivity index (χ2v) is 6.79. The summed E-state index contributed by atoms with van der Waals surface area (Å²) >= 11 is 0. The molecule has 0 atom stereocenters. The van der Waals surface area contributed by atoms with Gasteiger partial charge in [-0.05, 0) is 18.2 Å². The van der Waals surface area contributed by atoms with E-state index in [0.717, 1.165) is 11.5 Å². The molecule has 4 heterocycles. The lowest BCUT2D eigenvalue weighted by molar-refractivity contribution is 0.187. The van der Waals surface area contributed by atoms with Gasteiger partial charge in [0.05, 0.1) is 29.2 Å². The SMILES string of the molecule is N#CCC1(n2cc(-c3ncnc4[nH]ccc34)c3c(F)c(F)ccc32)CNC1. The first-order valence-corrected chi connectivity index (χ1v) is 8.50. The van der Waals surface area contributed by atoms with Crippen LogP contribution in [0.1, 0.15) is 6.42 Å². The third-order valence-corrected chi connectivity index (χ3v) is 5.30. The summed E-state index contributed by atoms with van der Waals surface area (Å²) in [6.45, 7) is 1.18. The topological polar surface area (TPSA) is 82.3 Å². The molecule has 8 heteroatoms. The number of fused-ring (bicyclic) bond motifs is 2. The van der Waals surface area contributed by atoms with Gasteiger partial charge in [-0.1, -0.05) is 0 Å². The van der Waals surface area contributed by atoms with Gasteiger partial charge in [0.1, 0.15) is 12.0 Å². The van der Waals surface area contributed by atoms with Gasteiger partial charge < -0.3 is 14.9 Å². The highest BCUT2D eigenvalue weighted by atomic mass is 19.2. The Morgan fingerprint density at radius 3 is 2.81 bits per heavy atom. The van der Waals surface area contributed by atoms with Gasteiger partial charge in [-0.15, -0.1) is 0 Å². The zero-order valence-electron chi connectivity index (χ0n) is 14.1. The Bertz CT molecular complexity index is 1230. The van der Waals surface area contributed by atoms with Gasteiger partial charge in [0.15, 0.2) is 11.6 Å². The molecule has 27 heavy (non-hydrogen) atoms. The molecular formula is C19H14F2N6. The Kier molecular flexibility index (Phi) is 3.29. The van der Waals surface area contributed by atoms with E-state index in [4.69, 9.17) is 0 Å². The number of hydrogen-bond acceptors (Lipinski definition) is 4. The molecule has 2 N–H and O–H groups in total. The maximum Gasteiger partial charge on any atom is 0.168 e. The molecule has 0 unspecified atom stereocenters. The maximum atomic E-state index is 14.9. The predicted octanol–water partition coefficient (Wildman–Crippen LogP) is 3.07. The van der Waals surface area contributed by atoms with Crippen LogP contribution in [0.5, 0.6) is 0 Å². The van der Waals surface area contributed by atoms with E-state index in [2.05, 4.69) is 26.3 Å². The Morgan fingerprint density at radius 2 is 2.07 bits per heavy atom. The number of nitrogens with zero attached hydrogens (tertiary/aromatic N) is 4. The molecule has 4 aromatic rings. The number of aromatic nitrogens is 4. The lowest BCUT2D eigenvalue weighted by Gasteiger charge is -2.43. The van der Waals surface area contributed by atoms with Crippen molar-refractivity contribution in [3.8, 4) is 17.3 Å². The molecule has 5 rings (SSSR count). The first-order valence-electron chi connectivity index (χ1n) is 8.50. The van der Waals surface area contributed by atoms with Crippen LogP contribution in [0.25, 0.3) is 33.2 Å². The van der Waals surface area contributed by atoms with E-state index in [1.165, 1.54) is 6.33 Å². The second kappa shape index (κ2) is 5.59. The maximum absolute atomic E-state index is 14.9. The summed E-state index contributed by atoms with van der Waals surface area (Å²) in [7, 11) is 0. The number of benzene rings is 1. The molecule has 1 saturated heterocycles. The largest absolute Gasteiger partial charge is 0.346 e. The van der Waals surface area contributed by atoms with Crippen LogP contribution in [0.15, 0.2) is 36.9 Å². The van der Waals surface area contributed by atoms with Crippen molar-refractivity contribution >= 4 is 21.9 Å². The lowest BCUT2D eigenvalue weighted by atomic mass is 9.88. The van der Waals surface area contributed by atoms with E-state index < -0.39 is 17.2 Å². The number of nitriles is 1. The van der Waals surface area contributed by atoms with Crippen LogP contribution in [0.2, 0.25) is 0 Å². The molecule has 1 aliphatic rings. The third-order valence-electron chi connectivity index (χ3n) is 5.30. The standard InChI is InChI=1S/C19H14F2N6/c20-13-1-2-14-15(16(13)21)12(7-27(14)19(4-5-22)8-23-9-19)17-11-3-6-24-18(11)26-10-25-17/h1-3,6-7,10,23H,4,8-9H2,(H,24,25,26). The zero-order valence-corrected chi connectivity index (χ0v) is 14.1. The van der Waals surface area contributed by atoms with Crippen LogP contribution in [0, 0.1) is 23.0 Å². The Hall–Kier alpha value is -3.31. The number of hydrogen-bond donors (Lipinski definition) is 2. The number of nitrogens with one attached hydrogen (secondary N) is 2. The first-order chi connectivity index (χ1) is 13.1. The Labute approximate surface area is 152 Å². The molecule has 0 bridgehead atoms. The van der Waals surface area contributed by atoms with Crippen molar-refractivity contribution in [2.75, 3.05) is 13.1 Å². The third kappa shape index (κ3) is 2.12. The normalized spacial score (nSPS) is 15.7. The van der Waals surface area contributed by atoms with Gasteiger partial charge in [-0.2, -0.15) is 5.26 Å².